The first-order valence-corrected chi connectivity index (χ1v) is 6.38. The van der Waals surface area contributed by atoms with Gasteiger partial charge in [-0.3, -0.25) is 0 Å². The van der Waals surface area contributed by atoms with Crippen LogP contribution < -0.4 is 0 Å². The lowest BCUT2D eigenvalue weighted by molar-refractivity contribution is 0.369. The molecule has 0 N–H and O–H groups in total. The van der Waals surface area contributed by atoms with E-state index in [-0.39, 0.29) is 5.92 Å². The molecule has 1 atom stereocenters. The highest BCUT2D eigenvalue weighted by Crippen LogP contribution is 2.23. The summed E-state index contributed by atoms with van der Waals surface area (Å²) in [6.07, 6.45) is 0.483. The average molecular weight is 306 g/mol. The van der Waals surface area contributed by atoms with E-state index in [4.69, 9.17) is 9.78 Å². The van der Waals surface area contributed by atoms with E-state index in [1.165, 1.54) is 0 Å². The Labute approximate surface area is 114 Å². The van der Waals surface area contributed by atoms with Gasteiger partial charge in [-0.1, -0.05) is 33.2 Å². The molecular weight excluding hydrogens is 294 g/mol. The molecule has 5 heteroatoms. The molecular formula is C13H12BrN3O. The van der Waals surface area contributed by atoms with E-state index in [2.05, 4.69) is 32.1 Å². The lowest BCUT2D eigenvalue weighted by atomic mass is 10.1. The lowest BCUT2D eigenvalue weighted by Gasteiger charge is -1.99. The predicted molar refractivity (Wildman–Crippen MR) is 70.7 cm³/mol. The summed E-state index contributed by atoms with van der Waals surface area (Å²) in [5.74, 6) is 0.926. The minimum absolute atomic E-state index is 0.122. The normalized spacial score (nSPS) is 12.1. The Morgan fingerprint density at radius 2 is 2.28 bits per heavy atom. The Balaban J connectivity index is 2.24. The molecule has 4 nitrogen and oxygen atoms in total. The third-order valence-corrected chi connectivity index (χ3v) is 3.45. The summed E-state index contributed by atoms with van der Waals surface area (Å²) >= 11 is 3.47. The minimum Gasteiger partial charge on any atom is -0.339 e. The lowest BCUT2D eigenvalue weighted by Crippen LogP contribution is -1.96. The Morgan fingerprint density at radius 3 is 2.94 bits per heavy atom. The van der Waals surface area contributed by atoms with Crippen LogP contribution in [0.3, 0.4) is 0 Å². The van der Waals surface area contributed by atoms with Gasteiger partial charge in [0, 0.05) is 16.5 Å². The van der Waals surface area contributed by atoms with Crippen molar-refractivity contribution in [1.82, 2.24) is 10.1 Å². The molecule has 18 heavy (non-hydrogen) atoms. The summed E-state index contributed by atoms with van der Waals surface area (Å²) in [5, 5.41) is 12.7. The quantitative estimate of drug-likeness (QED) is 0.870. The summed E-state index contributed by atoms with van der Waals surface area (Å²) < 4.78 is 6.14. The molecule has 92 valence electrons. The van der Waals surface area contributed by atoms with Gasteiger partial charge in [0.2, 0.25) is 11.7 Å². The van der Waals surface area contributed by atoms with Crippen LogP contribution in [0, 0.1) is 24.2 Å². The van der Waals surface area contributed by atoms with Crippen molar-refractivity contribution in [2.45, 2.75) is 20.3 Å². The van der Waals surface area contributed by atoms with Gasteiger partial charge in [0.25, 0.3) is 0 Å². The predicted octanol–water partition coefficient (Wildman–Crippen LogP) is 3.51. The summed E-state index contributed by atoms with van der Waals surface area (Å²) in [4.78, 5) is 4.29. The number of benzene rings is 1. The first kappa shape index (κ1) is 12.8. The molecule has 0 aliphatic rings. The fraction of sp³-hybridized carbons (Fsp3) is 0.308. The van der Waals surface area contributed by atoms with Crippen molar-refractivity contribution in [3.8, 4) is 17.5 Å². The van der Waals surface area contributed by atoms with Crippen molar-refractivity contribution in [2.75, 3.05) is 0 Å². The molecule has 0 amide bonds. The molecule has 2 aromatic rings. The van der Waals surface area contributed by atoms with Crippen LogP contribution in [0.5, 0.6) is 0 Å². The molecule has 0 bridgehead atoms. The maximum Gasteiger partial charge on any atom is 0.228 e. The molecule has 1 unspecified atom stereocenters. The fourth-order valence-electron chi connectivity index (χ4n) is 1.49. The van der Waals surface area contributed by atoms with Gasteiger partial charge in [-0.25, -0.2) is 0 Å². The number of halogens is 1. The standard InChI is InChI=1S/C13H12BrN3O/c1-8(7-15)5-12-16-13(17-18-12)10-4-3-9(2)11(14)6-10/h3-4,6,8H,5H2,1-2H3. The van der Waals surface area contributed by atoms with Gasteiger partial charge in [0.1, 0.15) is 0 Å². The van der Waals surface area contributed by atoms with Crippen LogP contribution in [-0.4, -0.2) is 10.1 Å². The maximum absolute atomic E-state index is 8.74. The van der Waals surface area contributed by atoms with Gasteiger partial charge < -0.3 is 4.52 Å². The van der Waals surface area contributed by atoms with E-state index in [0.717, 1.165) is 15.6 Å². The molecule has 1 aromatic carbocycles. The fourth-order valence-corrected chi connectivity index (χ4v) is 1.87. The largest absolute Gasteiger partial charge is 0.339 e. The van der Waals surface area contributed by atoms with Crippen molar-refractivity contribution in [1.29, 1.82) is 5.26 Å². The molecule has 0 saturated heterocycles. The molecule has 1 heterocycles. The Hall–Kier alpha value is -1.67. The highest BCUT2D eigenvalue weighted by atomic mass is 79.9. The van der Waals surface area contributed by atoms with Crippen molar-refractivity contribution in [2.24, 2.45) is 5.92 Å². The summed E-state index contributed by atoms with van der Waals surface area (Å²) in [5.41, 5.74) is 2.05. The van der Waals surface area contributed by atoms with Gasteiger partial charge in [0.05, 0.1) is 12.0 Å². The van der Waals surface area contributed by atoms with Crippen molar-refractivity contribution in [3.63, 3.8) is 0 Å². The van der Waals surface area contributed by atoms with E-state index in [1.54, 1.807) is 0 Å². The second-order valence-corrected chi connectivity index (χ2v) is 5.06. The van der Waals surface area contributed by atoms with Gasteiger partial charge in [-0.05, 0) is 25.5 Å². The van der Waals surface area contributed by atoms with Crippen molar-refractivity contribution in [3.05, 3.63) is 34.1 Å². The summed E-state index contributed by atoms with van der Waals surface area (Å²) in [7, 11) is 0. The topological polar surface area (TPSA) is 62.7 Å². The average Bonchev–Trinajstić information content (AvgIpc) is 2.81. The number of aryl methyl sites for hydroxylation is 1. The number of nitriles is 1. The van der Waals surface area contributed by atoms with Crippen LogP contribution in [0.4, 0.5) is 0 Å². The van der Waals surface area contributed by atoms with Gasteiger partial charge in [-0.15, -0.1) is 0 Å². The minimum atomic E-state index is -0.122. The third kappa shape index (κ3) is 2.77. The van der Waals surface area contributed by atoms with Crippen LogP contribution >= 0.6 is 15.9 Å². The summed E-state index contributed by atoms with van der Waals surface area (Å²) in [6.45, 7) is 3.84. The van der Waals surface area contributed by atoms with Crippen LogP contribution in [0.2, 0.25) is 0 Å². The zero-order chi connectivity index (χ0) is 13.1. The van der Waals surface area contributed by atoms with E-state index >= 15 is 0 Å². The van der Waals surface area contributed by atoms with Crippen LogP contribution in [0.25, 0.3) is 11.4 Å². The van der Waals surface area contributed by atoms with E-state index in [1.807, 2.05) is 32.0 Å². The third-order valence-electron chi connectivity index (χ3n) is 2.60. The van der Waals surface area contributed by atoms with E-state index in [0.29, 0.717) is 18.1 Å². The molecule has 0 spiro atoms. The number of rotatable bonds is 3. The van der Waals surface area contributed by atoms with Gasteiger partial charge in [-0.2, -0.15) is 10.2 Å². The SMILES string of the molecule is Cc1ccc(-c2noc(CC(C)C#N)n2)cc1Br. The van der Waals surface area contributed by atoms with Crippen LogP contribution in [0.15, 0.2) is 27.2 Å². The smallest absolute Gasteiger partial charge is 0.228 e. The molecule has 1 aromatic heterocycles. The molecule has 0 radical (unpaired) electrons. The Morgan fingerprint density at radius 1 is 1.50 bits per heavy atom. The molecule has 0 aliphatic heterocycles. The zero-order valence-corrected chi connectivity index (χ0v) is 11.7. The van der Waals surface area contributed by atoms with E-state index < -0.39 is 0 Å². The zero-order valence-electron chi connectivity index (χ0n) is 10.1. The van der Waals surface area contributed by atoms with E-state index in [9.17, 15) is 0 Å². The monoisotopic (exact) mass is 305 g/mol. The van der Waals surface area contributed by atoms with Gasteiger partial charge in [0.15, 0.2) is 0 Å². The number of aromatic nitrogens is 2. The second-order valence-electron chi connectivity index (χ2n) is 4.21. The van der Waals surface area contributed by atoms with Gasteiger partial charge >= 0.3 is 0 Å². The molecule has 0 aliphatic carbocycles. The highest BCUT2D eigenvalue weighted by molar-refractivity contribution is 9.10. The Kier molecular flexibility index (Phi) is 3.78. The maximum atomic E-state index is 8.74. The van der Waals surface area contributed by atoms with Crippen molar-refractivity contribution >= 4 is 15.9 Å². The second kappa shape index (κ2) is 5.32. The Bertz CT molecular complexity index is 601. The highest BCUT2D eigenvalue weighted by Gasteiger charge is 2.12. The molecule has 2 rings (SSSR count). The van der Waals surface area contributed by atoms with Crippen molar-refractivity contribution < 1.29 is 4.52 Å². The first-order valence-electron chi connectivity index (χ1n) is 5.59. The van der Waals surface area contributed by atoms with Crippen LogP contribution in [-0.2, 0) is 6.42 Å². The summed E-state index contributed by atoms with van der Waals surface area (Å²) in [6, 6.07) is 8.04. The first-order chi connectivity index (χ1) is 8.60. The number of hydrogen-bond acceptors (Lipinski definition) is 4. The molecule has 0 fully saturated rings. The van der Waals surface area contributed by atoms with Crippen LogP contribution in [0.1, 0.15) is 18.4 Å². The number of hydrogen-bond donors (Lipinski definition) is 0. The molecule has 0 saturated carbocycles. The number of nitrogens with zero attached hydrogens (tertiary/aromatic N) is 3.